The Morgan fingerprint density at radius 1 is 1.36 bits per heavy atom. The molecule has 1 aliphatic carbocycles. The quantitative estimate of drug-likeness (QED) is 0.650. The van der Waals surface area contributed by atoms with Crippen molar-refractivity contribution >= 4 is 5.91 Å². The van der Waals surface area contributed by atoms with Crippen molar-refractivity contribution < 1.29 is 4.79 Å². The zero-order valence-corrected chi connectivity index (χ0v) is 9.12. The molecule has 0 atom stereocenters. The summed E-state index contributed by atoms with van der Waals surface area (Å²) in [7, 11) is 3.66. The molecule has 1 aliphatic rings. The number of carbonyl (C=O) groups excluding carboxylic acids is 1. The first-order chi connectivity index (χ1) is 6.58. The molecule has 3 N–H and O–H groups in total. The number of hydrazine groups is 1. The second-order valence-corrected chi connectivity index (χ2v) is 4.41. The van der Waals surface area contributed by atoms with Crippen LogP contribution in [0.2, 0.25) is 0 Å². The lowest BCUT2D eigenvalue weighted by atomic mass is 9.84. The zero-order chi connectivity index (χ0) is 10.6. The molecule has 0 aromatic heterocycles. The Labute approximate surface area is 85.8 Å². The molecule has 14 heavy (non-hydrogen) atoms. The summed E-state index contributed by atoms with van der Waals surface area (Å²) in [5.74, 6) is 0.658. The van der Waals surface area contributed by atoms with Crippen molar-refractivity contribution in [3.8, 4) is 0 Å². The van der Waals surface area contributed by atoms with E-state index in [4.69, 9.17) is 5.73 Å². The number of hydrogen-bond acceptors (Lipinski definition) is 3. The highest BCUT2D eigenvalue weighted by Crippen LogP contribution is 2.25. The zero-order valence-electron chi connectivity index (χ0n) is 9.12. The number of nitrogens with two attached hydrogens (primary N) is 1. The Morgan fingerprint density at radius 3 is 2.43 bits per heavy atom. The van der Waals surface area contributed by atoms with E-state index in [2.05, 4.69) is 5.43 Å². The fourth-order valence-corrected chi connectivity index (χ4v) is 1.95. The third-order valence-electron chi connectivity index (χ3n) is 2.71. The molecule has 4 nitrogen and oxygen atoms in total. The molecule has 0 spiro atoms. The Hall–Kier alpha value is -0.610. The molecule has 0 heterocycles. The highest BCUT2D eigenvalue weighted by molar-refractivity contribution is 5.75. The van der Waals surface area contributed by atoms with Crippen LogP contribution >= 0.6 is 0 Å². The molecular formula is C10H21N3O. The molecular weight excluding hydrogens is 178 g/mol. The molecule has 0 saturated heterocycles. The molecule has 4 heteroatoms. The normalized spacial score (nSPS) is 27.7. The van der Waals surface area contributed by atoms with Gasteiger partial charge in [0.05, 0.1) is 0 Å². The number of carbonyl (C=O) groups is 1. The van der Waals surface area contributed by atoms with E-state index in [1.807, 2.05) is 14.1 Å². The van der Waals surface area contributed by atoms with Gasteiger partial charge in [-0.2, -0.15) is 0 Å². The summed E-state index contributed by atoms with van der Waals surface area (Å²) >= 11 is 0. The van der Waals surface area contributed by atoms with Gasteiger partial charge >= 0.3 is 0 Å². The minimum Gasteiger partial charge on any atom is -0.328 e. The van der Waals surface area contributed by atoms with Gasteiger partial charge < -0.3 is 5.73 Å². The Kier molecular flexibility index (Phi) is 4.35. The van der Waals surface area contributed by atoms with Crippen molar-refractivity contribution in [2.24, 2.45) is 11.7 Å². The van der Waals surface area contributed by atoms with Gasteiger partial charge in [-0.1, -0.05) is 0 Å². The van der Waals surface area contributed by atoms with E-state index >= 15 is 0 Å². The van der Waals surface area contributed by atoms with Crippen LogP contribution in [0.4, 0.5) is 0 Å². The van der Waals surface area contributed by atoms with Gasteiger partial charge in [-0.15, -0.1) is 0 Å². The number of nitrogens with one attached hydrogen (secondary N) is 1. The molecule has 0 aliphatic heterocycles. The van der Waals surface area contributed by atoms with E-state index in [0.29, 0.717) is 18.4 Å². The molecule has 1 saturated carbocycles. The van der Waals surface area contributed by atoms with E-state index in [9.17, 15) is 4.79 Å². The van der Waals surface area contributed by atoms with Crippen molar-refractivity contribution in [1.82, 2.24) is 10.4 Å². The summed E-state index contributed by atoms with van der Waals surface area (Å²) in [6.07, 6.45) is 4.98. The molecule has 0 radical (unpaired) electrons. The van der Waals surface area contributed by atoms with E-state index in [0.717, 1.165) is 25.7 Å². The first kappa shape index (κ1) is 11.5. The van der Waals surface area contributed by atoms with E-state index in [1.54, 1.807) is 5.01 Å². The van der Waals surface area contributed by atoms with Crippen LogP contribution in [0, 0.1) is 5.92 Å². The van der Waals surface area contributed by atoms with Gasteiger partial charge in [0.15, 0.2) is 0 Å². The van der Waals surface area contributed by atoms with Crippen molar-refractivity contribution in [3.05, 3.63) is 0 Å². The SMILES string of the molecule is CN(C)NC(=O)CC1CCC(N)CC1. The summed E-state index contributed by atoms with van der Waals surface area (Å²) in [5, 5.41) is 1.69. The first-order valence-electron chi connectivity index (χ1n) is 5.30. The van der Waals surface area contributed by atoms with Crippen LogP contribution in [0.25, 0.3) is 0 Å². The van der Waals surface area contributed by atoms with Crippen LogP contribution < -0.4 is 11.2 Å². The van der Waals surface area contributed by atoms with Crippen LogP contribution in [-0.2, 0) is 4.79 Å². The number of amides is 1. The summed E-state index contributed by atoms with van der Waals surface area (Å²) in [6.45, 7) is 0. The minimum absolute atomic E-state index is 0.121. The lowest BCUT2D eigenvalue weighted by molar-refractivity contribution is -0.126. The van der Waals surface area contributed by atoms with E-state index in [1.165, 1.54) is 0 Å². The topological polar surface area (TPSA) is 58.4 Å². The predicted molar refractivity (Wildman–Crippen MR) is 56.4 cm³/mol. The van der Waals surface area contributed by atoms with Gasteiger partial charge in [0.1, 0.15) is 0 Å². The number of rotatable bonds is 3. The van der Waals surface area contributed by atoms with Gasteiger partial charge in [0, 0.05) is 26.6 Å². The Bertz CT molecular complexity index is 186. The number of nitrogens with zero attached hydrogens (tertiary/aromatic N) is 1. The highest BCUT2D eigenvalue weighted by Gasteiger charge is 2.20. The predicted octanol–water partition coefficient (Wildman–Crippen LogP) is 0.487. The summed E-state index contributed by atoms with van der Waals surface area (Å²) < 4.78 is 0. The largest absolute Gasteiger partial charge is 0.328 e. The monoisotopic (exact) mass is 199 g/mol. The van der Waals surface area contributed by atoms with Crippen LogP contribution in [0.3, 0.4) is 0 Å². The maximum Gasteiger partial charge on any atom is 0.234 e. The fourth-order valence-electron chi connectivity index (χ4n) is 1.95. The average molecular weight is 199 g/mol. The van der Waals surface area contributed by atoms with Crippen LogP contribution in [-0.4, -0.2) is 31.1 Å². The van der Waals surface area contributed by atoms with Crippen molar-refractivity contribution in [2.75, 3.05) is 14.1 Å². The molecule has 0 unspecified atom stereocenters. The van der Waals surface area contributed by atoms with Crippen molar-refractivity contribution in [3.63, 3.8) is 0 Å². The van der Waals surface area contributed by atoms with Crippen LogP contribution in [0.15, 0.2) is 0 Å². The average Bonchev–Trinajstić information content (AvgIpc) is 2.07. The molecule has 82 valence electrons. The van der Waals surface area contributed by atoms with Gasteiger partial charge in [-0.3, -0.25) is 10.2 Å². The molecule has 0 aromatic rings. The van der Waals surface area contributed by atoms with E-state index < -0.39 is 0 Å². The standard InChI is InChI=1S/C10H21N3O/c1-13(2)12-10(14)7-8-3-5-9(11)6-4-8/h8-9H,3-7,11H2,1-2H3,(H,12,14). The van der Waals surface area contributed by atoms with Crippen molar-refractivity contribution in [2.45, 2.75) is 38.1 Å². The highest BCUT2D eigenvalue weighted by atomic mass is 16.2. The van der Waals surface area contributed by atoms with Gasteiger partial charge in [-0.25, -0.2) is 5.01 Å². The molecule has 0 aromatic carbocycles. The smallest absolute Gasteiger partial charge is 0.234 e. The first-order valence-corrected chi connectivity index (χ1v) is 5.30. The Morgan fingerprint density at radius 2 is 1.93 bits per heavy atom. The van der Waals surface area contributed by atoms with Crippen LogP contribution in [0.5, 0.6) is 0 Å². The maximum atomic E-state index is 11.4. The summed E-state index contributed by atoms with van der Waals surface area (Å²) in [6, 6.07) is 0.364. The number of hydrogen-bond donors (Lipinski definition) is 2. The fraction of sp³-hybridized carbons (Fsp3) is 0.900. The molecule has 0 bridgehead atoms. The molecule has 1 amide bonds. The van der Waals surface area contributed by atoms with Gasteiger partial charge in [0.2, 0.25) is 5.91 Å². The molecule has 1 fully saturated rings. The van der Waals surface area contributed by atoms with Gasteiger partial charge in [-0.05, 0) is 31.6 Å². The summed E-state index contributed by atoms with van der Waals surface area (Å²) in [5.41, 5.74) is 8.56. The summed E-state index contributed by atoms with van der Waals surface area (Å²) in [4.78, 5) is 11.4. The second-order valence-electron chi connectivity index (χ2n) is 4.41. The van der Waals surface area contributed by atoms with E-state index in [-0.39, 0.29) is 5.91 Å². The lowest BCUT2D eigenvalue weighted by Crippen LogP contribution is -2.38. The van der Waals surface area contributed by atoms with Gasteiger partial charge in [0.25, 0.3) is 0 Å². The third-order valence-corrected chi connectivity index (χ3v) is 2.71. The molecule has 1 rings (SSSR count). The maximum absolute atomic E-state index is 11.4. The lowest BCUT2D eigenvalue weighted by Gasteiger charge is -2.26. The Balaban J connectivity index is 2.20. The van der Waals surface area contributed by atoms with Crippen LogP contribution in [0.1, 0.15) is 32.1 Å². The third kappa shape index (κ3) is 4.07. The second kappa shape index (κ2) is 5.32. The van der Waals surface area contributed by atoms with Crippen molar-refractivity contribution in [1.29, 1.82) is 0 Å². The minimum atomic E-state index is 0.121.